The highest BCUT2D eigenvalue weighted by atomic mass is 16.6. The third-order valence-electron chi connectivity index (χ3n) is 5.27. The first-order valence-corrected chi connectivity index (χ1v) is 9.54. The zero-order chi connectivity index (χ0) is 16.8. The lowest BCUT2D eigenvalue weighted by atomic mass is 9.82. The van der Waals surface area contributed by atoms with Gasteiger partial charge in [-0.05, 0) is 36.8 Å². The first-order chi connectivity index (χ1) is 11.8. The molecule has 1 aromatic rings. The summed E-state index contributed by atoms with van der Waals surface area (Å²) in [7, 11) is 0. The van der Waals surface area contributed by atoms with Crippen LogP contribution in [0.4, 0.5) is 4.79 Å². The van der Waals surface area contributed by atoms with Crippen molar-refractivity contribution in [2.24, 2.45) is 5.92 Å². The van der Waals surface area contributed by atoms with Gasteiger partial charge < -0.3 is 4.74 Å². The van der Waals surface area contributed by atoms with Gasteiger partial charge in [-0.3, -0.25) is 4.90 Å². The molecular weight excluding hydrogens is 298 g/mol. The number of hydrogen-bond donors (Lipinski definition) is 0. The molecule has 1 aliphatic carbocycles. The molecule has 1 amide bonds. The van der Waals surface area contributed by atoms with E-state index in [0.29, 0.717) is 5.92 Å². The fraction of sp³-hybridized carbons (Fsp3) is 0.571. The Balaban J connectivity index is 1.83. The van der Waals surface area contributed by atoms with Crippen molar-refractivity contribution >= 4 is 12.2 Å². The predicted octanol–water partition coefficient (Wildman–Crippen LogP) is 5.62. The monoisotopic (exact) mass is 327 g/mol. The van der Waals surface area contributed by atoms with Crippen LogP contribution in [0, 0.1) is 5.92 Å². The Hall–Kier alpha value is -1.77. The second-order valence-electron chi connectivity index (χ2n) is 7.07. The first-order valence-electron chi connectivity index (χ1n) is 9.54. The van der Waals surface area contributed by atoms with Crippen molar-refractivity contribution in [3.8, 4) is 0 Å². The minimum absolute atomic E-state index is 0.134. The molecule has 3 rings (SSSR count). The number of cyclic esters (lactones) is 1. The molecule has 1 atom stereocenters. The van der Waals surface area contributed by atoms with Crippen molar-refractivity contribution in [2.45, 2.75) is 64.3 Å². The van der Waals surface area contributed by atoms with Crippen LogP contribution in [0.2, 0.25) is 0 Å². The smallest absolute Gasteiger partial charge is 0.412 e. The summed E-state index contributed by atoms with van der Waals surface area (Å²) in [5.74, 6) is 1.40. The van der Waals surface area contributed by atoms with Crippen molar-refractivity contribution in [3.63, 3.8) is 0 Å². The van der Waals surface area contributed by atoms with Gasteiger partial charge in [0.1, 0.15) is 5.76 Å². The number of benzene rings is 1. The second kappa shape index (κ2) is 8.36. The number of carbonyl (C=O) groups is 1. The van der Waals surface area contributed by atoms with Crippen LogP contribution in [0.3, 0.4) is 0 Å². The third-order valence-corrected chi connectivity index (χ3v) is 5.27. The lowest BCUT2D eigenvalue weighted by Crippen LogP contribution is -2.39. The van der Waals surface area contributed by atoms with Crippen LogP contribution in [0.25, 0.3) is 6.08 Å². The zero-order valence-electron chi connectivity index (χ0n) is 14.7. The standard InChI is InChI=1S/C21H29NO2/c1-2-3-10-15-22-20(18-13-8-5-9-14-18)19(24-21(22)23)16-17-11-6-4-7-12-17/h4,6-7,11-12,16,18,20H,2-3,5,8-10,13-15H2,1H3/b19-16-. The summed E-state index contributed by atoms with van der Waals surface area (Å²) in [4.78, 5) is 14.5. The summed E-state index contributed by atoms with van der Waals surface area (Å²) in [5, 5.41) is 0. The number of amides is 1. The highest BCUT2D eigenvalue weighted by Gasteiger charge is 2.42. The molecule has 1 unspecified atom stereocenters. The van der Waals surface area contributed by atoms with Crippen molar-refractivity contribution < 1.29 is 9.53 Å². The summed E-state index contributed by atoms with van der Waals surface area (Å²) >= 11 is 0. The van der Waals surface area contributed by atoms with Crippen LogP contribution < -0.4 is 0 Å². The molecule has 130 valence electrons. The minimum atomic E-state index is -0.149. The molecule has 1 saturated heterocycles. The SMILES string of the molecule is CCCCCN1C(=O)O/C(=C\c2ccccc2)C1C1CCCCC1. The number of carbonyl (C=O) groups excluding carboxylic acids is 1. The molecule has 0 spiro atoms. The average molecular weight is 327 g/mol. The molecule has 3 nitrogen and oxygen atoms in total. The van der Waals surface area contributed by atoms with Crippen molar-refractivity contribution in [3.05, 3.63) is 41.7 Å². The Morgan fingerprint density at radius 1 is 1.12 bits per heavy atom. The van der Waals surface area contributed by atoms with Crippen LogP contribution in [-0.4, -0.2) is 23.6 Å². The van der Waals surface area contributed by atoms with E-state index >= 15 is 0 Å². The van der Waals surface area contributed by atoms with E-state index in [1.807, 2.05) is 23.1 Å². The molecule has 1 aromatic carbocycles. The van der Waals surface area contributed by atoms with Gasteiger partial charge in [0.15, 0.2) is 0 Å². The van der Waals surface area contributed by atoms with E-state index in [1.165, 1.54) is 44.9 Å². The van der Waals surface area contributed by atoms with Crippen LogP contribution in [0.5, 0.6) is 0 Å². The molecule has 2 aliphatic rings. The van der Waals surface area contributed by atoms with Crippen LogP contribution in [-0.2, 0) is 4.74 Å². The van der Waals surface area contributed by atoms with Gasteiger partial charge in [-0.1, -0.05) is 69.4 Å². The van der Waals surface area contributed by atoms with Gasteiger partial charge in [-0.2, -0.15) is 0 Å². The van der Waals surface area contributed by atoms with Gasteiger partial charge >= 0.3 is 6.09 Å². The van der Waals surface area contributed by atoms with Gasteiger partial charge in [0.05, 0.1) is 6.04 Å². The van der Waals surface area contributed by atoms with Gasteiger partial charge in [0.25, 0.3) is 0 Å². The maximum Gasteiger partial charge on any atom is 0.415 e. The number of ether oxygens (including phenoxy) is 1. The zero-order valence-corrected chi connectivity index (χ0v) is 14.7. The largest absolute Gasteiger partial charge is 0.415 e. The molecule has 0 radical (unpaired) electrons. The van der Waals surface area contributed by atoms with Gasteiger partial charge in [0.2, 0.25) is 0 Å². The van der Waals surface area contributed by atoms with E-state index in [2.05, 4.69) is 25.1 Å². The number of nitrogens with zero attached hydrogens (tertiary/aromatic N) is 1. The summed E-state index contributed by atoms with van der Waals surface area (Å²) in [5.41, 5.74) is 1.11. The Labute approximate surface area is 145 Å². The average Bonchev–Trinajstić information content (AvgIpc) is 2.92. The highest BCUT2D eigenvalue weighted by molar-refractivity contribution is 5.75. The van der Waals surface area contributed by atoms with Crippen molar-refractivity contribution in [2.75, 3.05) is 6.54 Å². The fourth-order valence-electron chi connectivity index (χ4n) is 4.01. The predicted molar refractivity (Wildman–Crippen MR) is 97.5 cm³/mol. The van der Waals surface area contributed by atoms with E-state index in [1.54, 1.807) is 0 Å². The van der Waals surface area contributed by atoms with Crippen molar-refractivity contribution in [1.82, 2.24) is 4.90 Å². The number of hydrogen-bond acceptors (Lipinski definition) is 2. The first kappa shape index (κ1) is 17.1. The third kappa shape index (κ3) is 4.00. The van der Waals surface area contributed by atoms with Gasteiger partial charge in [-0.25, -0.2) is 4.79 Å². The molecular formula is C21H29NO2. The van der Waals surface area contributed by atoms with E-state index in [9.17, 15) is 4.79 Å². The quantitative estimate of drug-likeness (QED) is 0.635. The van der Waals surface area contributed by atoms with E-state index in [0.717, 1.165) is 24.3 Å². The molecule has 3 heteroatoms. The molecule has 0 N–H and O–H groups in total. The van der Waals surface area contributed by atoms with Crippen LogP contribution >= 0.6 is 0 Å². The fourth-order valence-corrected chi connectivity index (χ4v) is 4.01. The van der Waals surface area contributed by atoms with E-state index in [4.69, 9.17) is 4.74 Å². The minimum Gasteiger partial charge on any atom is -0.412 e. The maximum absolute atomic E-state index is 12.5. The van der Waals surface area contributed by atoms with Crippen molar-refractivity contribution in [1.29, 1.82) is 0 Å². The lowest BCUT2D eigenvalue weighted by Gasteiger charge is -2.32. The summed E-state index contributed by atoms with van der Waals surface area (Å²) in [6, 6.07) is 10.3. The molecule has 0 bridgehead atoms. The summed E-state index contributed by atoms with van der Waals surface area (Å²) < 4.78 is 5.72. The van der Waals surface area contributed by atoms with Gasteiger partial charge in [0, 0.05) is 6.54 Å². The molecule has 1 saturated carbocycles. The molecule has 1 aliphatic heterocycles. The van der Waals surface area contributed by atoms with Crippen LogP contribution in [0.1, 0.15) is 63.9 Å². The maximum atomic E-state index is 12.5. The lowest BCUT2D eigenvalue weighted by molar-refractivity contribution is 0.153. The second-order valence-corrected chi connectivity index (χ2v) is 7.07. The Morgan fingerprint density at radius 2 is 1.88 bits per heavy atom. The normalized spacial score (nSPS) is 23.7. The number of rotatable bonds is 6. The molecule has 1 heterocycles. The van der Waals surface area contributed by atoms with E-state index < -0.39 is 0 Å². The Kier molecular flexibility index (Phi) is 5.95. The Morgan fingerprint density at radius 3 is 2.58 bits per heavy atom. The topological polar surface area (TPSA) is 29.5 Å². The summed E-state index contributed by atoms with van der Waals surface area (Å²) in [6.07, 6.45) is 11.6. The highest BCUT2D eigenvalue weighted by Crippen LogP contribution is 2.37. The number of unbranched alkanes of at least 4 members (excludes halogenated alkanes) is 2. The molecule has 0 aromatic heterocycles. The van der Waals surface area contributed by atoms with Crippen LogP contribution in [0.15, 0.2) is 36.1 Å². The van der Waals surface area contributed by atoms with Gasteiger partial charge in [-0.15, -0.1) is 0 Å². The molecule has 2 fully saturated rings. The summed E-state index contributed by atoms with van der Waals surface area (Å²) in [6.45, 7) is 3.02. The van der Waals surface area contributed by atoms with E-state index in [-0.39, 0.29) is 12.1 Å². The molecule has 24 heavy (non-hydrogen) atoms. The Bertz CT molecular complexity index is 560.